The van der Waals surface area contributed by atoms with Crippen LogP contribution in [0.5, 0.6) is 0 Å². The number of likely N-dealkylation sites (tertiary alicyclic amines) is 1. The minimum Gasteiger partial charge on any atom is -0.356 e. The summed E-state index contributed by atoms with van der Waals surface area (Å²) in [6.45, 7) is 5.20. The monoisotopic (exact) mass is 398 g/mol. The van der Waals surface area contributed by atoms with Crippen molar-refractivity contribution in [1.82, 2.24) is 15.1 Å². The van der Waals surface area contributed by atoms with Crippen LogP contribution in [0.4, 0.5) is 0 Å². The number of rotatable bonds is 2. The highest BCUT2D eigenvalue weighted by Crippen LogP contribution is 2.38. The molecule has 1 saturated carbocycles. The number of carbonyl (C=O) groups excluding carboxylic acids is 1. The zero-order valence-electron chi connectivity index (χ0n) is 16.7. The smallest absolute Gasteiger partial charge is 0.219 e. The molecule has 0 unspecified atom stereocenters. The molecule has 3 rings (SSSR count). The van der Waals surface area contributed by atoms with Crippen LogP contribution in [0.2, 0.25) is 0 Å². The van der Waals surface area contributed by atoms with Crippen LogP contribution in [0.1, 0.15) is 51.9 Å². The second-order valence-electron chi connectivity index (χ2n) is 8.36. The van der Waals surface area contributed by atoms with Crippen LogP contribution in [0.25, 0.3) is 0 Å². The molecule has 0 aromatic heterocycles. The number of carbonyl (C=O) groups is 1. The number of amides is 1. The van der Waals surface area contributed by atoms with Gasteiger partial charge in [0.25, 0.3) is 0 Å². The highest BCUT2D eigenvalue weighted by molar-refractivity contribution is 7.92. The van der Waals surface area contributed by atoms with Gasteiger partial charge in [-0.2, -0.15) is 0 Å². The lowest BCUT2D eigenvalue weighted by Gasteiger charge is -2.45. The summed E-state index contributed by atoms with van der Waals surface area (Å²) in [4.78, 5) is 20.0. The predicted octanol–water partition coefficient (Wildman–Crippen LogP) is 1.25. The molecule has 0 atom stereocenters. The average molecular weight is 399 g/mol. The van der Waals surface area contributed by atoms with Gasteiger partial charge in [-0.05, 0) is 31.6 Å². The average Bonchev–Trinajstić information content (AvgIpc) is 2.66. The molecular weight excluding hydrogens is 364 g/mol. The number of guanidine groups is 1. The Bertz CT molecular complexity index is 662. The Morgan fingerprint density at radius 1 is 1.11 bits per heavy atom. The first-order chi connectivity index (χ1) is 12.9. The number of aliphatic imine (C=N–C) groups is 1. The molecule has 0 bridgehead atoms. The molecule has 0 aromatic rings. The van der Waals surface area contributed by atoms with E-state index in [1.807, 2.05) is 4.90 Å². The molecule has 2 saturated heterocycles. The van der Waals surface area contributed by atoms with Gasteiger partial charge in [-0.1, -0.05) is 19.3 Å². The van der Waals surface area contributed by atoms with Crippen LogP contribution in [0.3, 0.4) is 0 Å². The van der Waals surface area contributed by atoms with Crippen LogP contribution >= 0.6 is 0 Å². The number of hydrogen-bond donors (Lipinski definition) is 1. The first-order valence-electron chi connectivity index (χ1n) is 10.3. The Morgan fingerprint density at radius 2 is 1.78 bits per heavy atom. The lowest BCUT2D eigenvalue weighted by Crippen LogP contribution is -2.60. The maximum absolute atomic E-state index is 12.8. The highest BCUT2D eigenvalue weighted by atomic mass is 32.2. The Hall–Kier alpha value is -1.31. The molecule has 1 spiro atoms. The van der Waals surface area contributed by atoms with E-state index in [2.05, 4.69) is 15.2 Å². The van der Waals surface area contributed by atoms with Gasteiger partial charge in [-0.25, -0.2) is 8.42 Å². The summed E-state index contributed by atoms with van der Waals surface area (Å²) in [5.74, 6) is 1.73. The van der Waals surface area contributed by atoms with Crippen molar-refractivity contribution in [3.05, 3.63) is 0 Å². The van der Waals surface area contributed by atoms with E-state index in [1.54, 1.807) is 14.0 Å². The summed E-state index contributed by atoms with van der Waals surface area (Å²) in [5, 5.41) is 3.48. The molecule has 1 aliphatic carbocycles. The van der Waals surface area contributed by atoms with E-state index in [1.165, 1.54) is 0 Å². The standard InChI is InChI=1S/C19H34N4O3S/c1-16(24)22-10-6-17(7-11-22)14-21-18(20-2)23-12-13-27(25,26)19(15-23)8-4-3-5-9-19/h17H,3-15H2,1-2H3,(H,20,21). The minimum atomic E-state index is -3.03. The maximum atomic E-state index is 12.8. The SMILES string of the molecule is CN=C(NCC1CCN(C(C)=O)CC1)N1CCS(=O)(=O)C2(CCCCC2)C1. The Morgan fingerprint density at radius 3 is 2.37 bits per heavy atom. The van der Waals surface area contributed by atoms with Gasteiger partial charge in [-0.3, -0.25) is 9.79 Å². The van der Waals surface area contributed by atoms with E-state index < -0.39 is 14.6 Å². The van der Waals surface area contributed by atoms with Crippen molar-refractivity contribution in [3.8, 4) is 0 Å². The molecule has 27 heavy (non-hydrogen) atoms. The van der Waals surface area contributed by atoms with Gasteiger partial charge in [0, 0.05) is 46.7 Å². The molecule has 8 heteroatoms. The molecule has 3 fully saturated rings. The van der Waals surface area contributed by atoms with Crippen molar-refractivity contribution in [1.29, 1.82) is 0 Å². The number of hydrogen-bond acceptors (Lipinski definition) is 4. The Kier molecular flexibility index (Phi) is 6.33. The van der Waals surface area contributed by atoms with Gasteiger partial charge in [0.1, 0.15) is 0 Å². The van der Waals surface area contributed by atoms with Crippen molar-refractivity contribution in [3.63, 3.8) is 0 Å². The number of sulfone groups is 1. The van der Waals surface area contributed by atoms with E-state index in [9.17, 15) is 13.2 Å². The van der Waals surface area contributed by atoms with Gasteiger partial charge in [0.2, 0.25) is 5.91 Å². The van der Waals surface area contributed by atoms with Gasteiger partial charge >= 0.3 is 0 Å². The third kappa shape index (κ3) is 4.41. The molecule has 0 radical (unpaired) electrons. The van der Waals surface area contributed by atoms with Gasteiger partial charge in [-0.15, -0.1) is 0 Å². The molecule has 3 aliphatic rings. The number of nitrogens with one attached hydrogen (secondary N) is 1. The summed E-state index contributed by atoms with van der Waals surface area (Å²) in [6, 6.07) is 0. The number of piperidine rings is 1. The summed E-state index contributed by atoms with van der Waals surface area (Å²) in [7, 11) is -1.26. The molecule has 154 valence electrons. The Balaban J connectivity index is 1.57. The number of nitrogens with zero attached hydrogens (tertiary/aromatic N) is 3. The molecule has 2 aliphatic heterocycles. The van der Waals surface area contributed by atoms with Crippen LogP contribution in [0.15, 0.2) is 4.99 Å². The summed E-state index contributed by atoms with van der Waals surface area (Å²) < 4.78 is 25.0. The van der Waals surface area contributed by atoms with E-state index >= 15 is 0 Å². The third-order valence-electron chi connectivity index (χ3n) is 6.65. The van der Waals surface area contributed by atoms with E-state index in [0.29, 0.717) is 19.0 Å². The lowest BCUT2D eigenvalue weighted by atomic mass is 9.87. The summed E-state index contributed by atoms with van der Waals surface area (Å²) in [5.41, 5.74) is 0. The maximum Gasteiger partial charge on any atom is 0.219 e. The second-order valence-corrected chi connectivity index (χ2v) is 10.9. The van der Waals surface area contributed by atoms with Crippen molar-refractivity contribution >= 4 is 21.7 Å². The normalized spacial score (nSPS) is 26.2. The zero-order valence-corrected chi connectivity index (χ0v) is 17.6. The summed E-state index contributed by atoms with van der Waals surface area (Å²) >= 11 is 0. The molecule has 0 aromatic carbocycles. The third-order valence-corrected chi connectivity index (χ3v) is 9.23. The lowest BCUT2D eigenvalue weighted by molar-refractivity contribution is -0.130. The van der Waals surface area contributed by atoms with Crippen molar-refractivity contribution in [2.24, 2.45) is 10.9 Å². The molecular formula is C19H34N4O3S. The fraction of sp³-hybridized carbons (Fsp3) is 0.895. The van der Waals surface area contributed by atoms with Gasteiger partial charge < -0.3 is 15.1 Å². The van der Waals surface area contributed by atoms with Crippen LogP contribution in [-0.2, 0) is 14.6 Å². The topological polar surface area (TPSA) is 82.1 Å². The first kappa shape index (κ1) is 20.4. The van der Waals surface area contributed by atoms with Gasteiger partial charge in [0.15, 0.2) is 15.8 Å². The molecule has 2 heterocycles. The predicted molar refractivity (Wildman–Crippen MR) is 108 cm³/mol. The zero-order chi connectivity index (χ0) is 19.5. The fourth-order valence-electron chi connectivity index (χ4n) is 4.84. The second kappa shape index (κ2) is 8.37. The van der Waals surface area contributed by atoms with Crippen LogP contribution in [0, 0.1) is 5.92 Å². The van der Waals surface area contributed by atoms with Crippen molar-refractivity contribution in [2.45, 2.75) is 56.6 Å². The van der Waals surface area contributed by atoms with Crippen molar-refractivity contribution in [2.75, 3.05) is 45.5 Å². The molecule has 1 N–H and O–H groups in total. The first-order valence-corrected chi connectivity index (χ1v) is 12.0. The van der Waals surface area contributed by atoms with E-state index in [-0.39, 0.29) is 11.7 Å². The molecule has 1 amide bonds. The van der Waals surface area contributed by atoms with Crippen molar-refractivity contribution < 1.29 is 13.2 Å². The van der Waals surface area contributed by atoms with Gasteiger partial charge in [0.05, 0.1) is 10.5 Å². The Labute approximate surface area is 163 Å². The molecule has 7 nitrogen and oxygen atoms in total. The van der Waals surface area contributed by atoms with E-state index in [4.69, 9.17) is 0 Å². The highest BCUT2D eigenvalue weighted by Gasteiger charge is 2.48. The van der Waals surface area contributed by atoms with E-state index in [0.717, 1.165) is 70.5 Å². The fourth-order valence-corrected chi connectivity index (χ4v) is 6.99. The van der Waals surface area contributed by atoms with Crippen LogP contribution in [-0.4, -0.2) is 80.4 Å². The van der Waals surface area contributed by atoms with Crippen LogP contribution < -0.4 is 5.32 Å². The quantitative estimate of drug-likeness (QED) is 0.559. The minimum absolute atomic E-state index is 0.157. The summed E-state index contributed by atoms with van der Waals surface area (Å²) in [6.07, 6.45) is 6.73. The largest absolute Gasteiger partial charge is 0.356 e.